The quantitative estimate of drug-likeness (QED) is 0.742. The van der Waals surface area contributed by atoms with Crippen LogP contribution in [0.4, 0.5) is 4.39 Å². The van der Waals surface area contributed by atoms with E-state index in [0.717, 1.165) is 22.3 Å². The molecule has 134 valence electrons. The maximum atomic E-state index is 13.9. The second-order valence-corrected chi connectivity index (χ2v) is 6.42. The molecule has 0 unspecified atom stereocenters. The minimum atomic E-state index is -1.22. The van der Waals surface area contributed by atoms with Gasteiger partial charge in [-0.15, -0.1) is 0 Å². The van der Waals surface area contributed by atoms with Crippen LogP contribution in [-0.4, -0.2) is 23.0 Å². The van der Waals surface area contributed by atoms with Crippen molar-refractivity contribution >= 4 is 11.9 Å². The van der Waals surface area contributed by atoms with Crippen molar-refractivity contribution in [2.24, 2.45) is 0 Å². The standard InChI is InChI=1S/C22H16FNO3/c23-18-12-6-5-11-17(18)21(25)24-20(22(26)27)19-15-9-3-1-7-13(15)14-8-2-4-10-16(14)19/h1-12,19-20H,(H,24,25)(H,26,27)/t20-/m0/s1. The highest BCUT2D eigenvalue weighted by Gasteiger charge is 2.39. The molecule has 27 heavy (non-hydrogen) atoms. The summed E-state index contributed by atoms with van der Waals surface area (Å²) in [5, 5.41) is 12.4. The fourth-order valence-corrected chi connectivity index (χ4v) is 3.71. The van der Waals surface area contributed by atoms with E-state index in [1.54, 1.807) is 0 Å². The Balaban J connectivity index is 1.76. The van der Waals surface area contributed by atoms with Gasteiger partial charge < -0.3 is 10.4 Å². The van der Waals surface area contributed by atoms with Crippen LogP contribution in [0.5, 0.6) is 0 Å². The Kier molecular flexibility index (Phi) is 4.20. The van der Waals surface area contributed by atoms with Gasteiger partial charge in [0, 0.05) is 5.92 Å². The van der Waals surface area contributed by atoms with Crippen molar-refractivity contribution < 1.29 is 19.1 Å². The smallest absolute Gasteiger partial charge is 0.327 e. The molecular weight excluding hydrogens is 345 g/mol. The molecule has 0 bridgehead atoms. The summed E-state index contributed by atoms with van der Waals surface area (Å²) in [5.74, 6) is -3.16. The number of hydrogen-bond donors (Lipinski definition) is 2. The van der Waals surface area contributed by atoms with Gasteiger partial charge in [0.1, 0.15) is 11.9 Å². The monoisotopic (exact) mass is 361 g/mol. The third kappa shape index (κ3) is 2.87. The van der Waals surface area contributed by atoms with Crippen LogP contribution in [0.1, 0.15) is 27.4 Å². The Morgan fingerprint density at radius 1 is 0.852 bits per heavy atom. The summed E-state index contributed by atoms with van der Waals surface area (Å²) in [6.07, 6.45) is 0. The van der Waals surface area contributed by atoms with E-state index in [4.69, 9.17) is 0 Å². The third-order valence-electron chi connectivity index (χ3n) is 4.89. The van der Waals surface area contributed by atoms with E-state index in [1.807, 2.05) is 48.5 Å². The van der Waals surface area contributed by atoms with Crippen molar-refractivity contribution in [2.75, 3.05) is 0 Å². The Morgan fingerprint density at radius 3 is 1.93 bits per heavy atom. The minimum absolute atomic E-state index is 0.177. The van der Waals surface area contributed by atoms with Crippen molar-refractivity contribution in [3.63, 3.8) is 0 Å². The van der Waals surface area contributed by atoms with Gasteiger partial charge in [0.05, 0.1) is 5.56 Å². The number of amides is 1. The predicted octanol–water partition coefficient (Wildman–Crippen LogP) is 3.82. The molecule has 0 spiro atoms. The number of benzene rings is 3. The lowest BCUT2D eigenvalue weighted by molar-refractivity contribution is -0.139. The number of fused-ring (bicyclic) bond motifs is 3. The van der Waals surface area contributed by atoms with Crippen LogP contribution < -0.4 is 5.32 Å². The molecule has 3 aromatic rings. The molecule has 5 heteroatoms. The summed E-state index contributed by atoms with van der Waals surface area (Å²) in [6, 6.07) is 19.4. The maximum absolute atomic E-state index is 13.9. The molecule has 0 aliphatic heterocycles. The van der Waals surface area contributed by atoms with Gasteiger partial charge in [0.2, 0.25) is 0 Å². The van der Waals surface area contributed by atoms with Crippen LogP contribution in [0.3, 0.4) is 0 Å². The van der Waals surface area contributed by atoms with Gasteiger partial charge in [-0.1, -0.05) is 60.7 Å². The van der Waals surface area contributed by atoms with Crippen LogP contribution in [0, 0.1) is 5.82 Å². The van der Waals surface area contributed by atoms with E-state index in [0.29, 0.717) is 0 Å². The number of hydrogen-bond acceptors (Lipinski definition) is 2. The lowest BCUT2D eigenvalue weighted by Crippen LogP contribution is -2.45. The van der Waals surface area contributed by atoms with E-state index in [1.165, 1.54) is 24.3 Å². The maximum Gasteiger partial charge on any atom is 0.327 e. The van der Waals surface area contributed by atoms with Gasteiger partial charge in [0.25, 0.3) is 5.91 Å². The summed E-state index contributed by atoms with van der Waals surface area (Å²) in [6.45, 7) is 0. The predicted molar refractivity (Wildman–Crippen MR) is 99.0 cm³/mol. The van der Waals surface area contributed by atoms with Crippen molar-refractivity contribution in [1.29, 1.82) is 0 Å². The first-order chi connectivity index (χ1) is 13.1. The SMILES string of the molecule is O=C(N[C@H](C(=O)O)C1c2ccccc2-c2ccccc21)c1ccccc1F. The number of carbonyl (C=O) groups is 2. The first kappa shape index (κ1) is 17.0. The van der Waals surface area contributed by atoms with Crippen LogP contribution >= 0.6 is 0 Å². The van der Waals surface area contributed by atoms with Crippen LogP contribution in [0.15, 0.2) is 72.8 Å². The van der Waals surface area contributed by atoms with Gasteiger partial charge >= 0.3 is 5.97 Å². The molecule has 0 heterocycles. The highest BCUT2D eigenvalue weighted by atomic mass is 19.1. The number of carboxylic acid groups (broad SMARTS) is 1. The minimum Gasteiger partial charge on any atom is -0.480 e. The second kappa shape index (κ2) is 6.68. The third-order valence-corrected chi connectivity index (χ3v) is 4.89. The van der Waals surface area contributed by atoms with E-state index in [-0.39, 0.29) is 5.56 Å². The molecule has 4 nitrogen and oxygen atoms in total. The van der Waals surface area contributed by atoms with Gasteiger partial charge in [0.15, 0.2) is 0 Å². The van der Waals surface area contributed by atoms with Gasteiger partial charge in [-0.05, 0) is 34.4 Å². The number of nitrogens with one attached hydrogen (secondary N) is 1. The average Bonchev–Trinajstić information content (AvgIpc) is 3.00. The zero-order chi connectivity index (χ0) is 19.0. The highest BCUT2D eigenvalue weighted by Crippen LogP contribution is 2.46. The second-order valence-electron chi connectivity index (χ2n) is 6.42. The molecule has 0 radical (unpaired) electrons. The van der Waals surface area contributed by atoms with Crippen molar-refractivity contribution in [2.45, 2.75) is 12.0 Å². The summed E-state index contributed by atoms with van der Waals surface area (Å²) < 4.78 is 13.9. The fraction of sp³-hybridized carbons (Fsp3) is 0.0909. The van der Waals surface area contributed by atoms with Gasteiger partial charge in [-0.25, -0.2) is 9.18 Å². The Labute approximate surface area is 155 Å². The lowest BCUT2D eigenvalue weighted by atomic mass is 9.89. The molecule has 0 saturated heterocycles. The average molecular weight is 361 g/mol. The Hall–Kier alpha value is -3.47. The topological polar surface area (TPSA) is 66.4 Å². The molecule has 3 aromatic carbocycles. The molecule has 2 N–H and O–H groups in total. The summed E-state index contributed by atoms with van der Waals surface area (Å²) in [5.41, 5.74) is 3.39. The molecule has 0 saturated carbocycles. The summed E-state index contributed by atoms with van der Waals surface area (Å²) in [4.78, 5) is 24.6. The molecule has 4 rings (SSSR count). The molecule has 1 aliphatic rings. The molecule has 0 aromatic heterocycles. The van der Waals surface area contributed by atoms with Crippen LogP contribution in [0.25, 0.3) is 11.1 Å². The number of aliphatic carboxylic acids is 1. The van der Waals surface area contributed by atoms with Crippen molar-refractivity contribution in [1.82, 2.24) is 5.32 Å². The number of carbonyl (C=O) groups excluding carboxylic acids is 1. The van der Waals surface area contributed by atoms with Crippen LogP contribution in [0.2, 0.25) is 0 Å². The Morgan fingerprint density at radius 2 is 1.37 bits per heavy atom. The van der Waals surface area contributed by atoms with E-state index in [2.05, 4.69) is 5.32 Å². The molecule has 1 amide bonds. The van der Waals surface area contributed by atoms with Gasteiger partial charge in [-0.3, -0.25) is 4.79 Å². The summed E-state index contributed by atoms with van der Waals surface area (Å²) in [7, 11) is 0. The highest BCUT2D eigenvalue weighted by molar-refractivity contribution is 5.97. The van der Waals surface area contributed by atoms with E-state index >= 15 is 0 Å². The van der Waals surface area contributed by atoms with Crippen molar-refractivity contribution in [3.05, 3.63) is 95.3 Å². The summed E-state index contributed by atoms with van der Waals surface area (Å²) >= 11 is 0. The normalized spacial score (nSPS) is 13.5. The Bertz CT molecular complexity index is 1000. The number of carboxylic acids is 1. The fourth-order valence-electron chi connectivity index (χ4n) is 3.71. The zero-order valence-electron chi connectivity index (χ0n) is 14.2. The largest absolute Gasteiger partial charge is 0.480 e. The van der Waals surface area contributed by atoms with Crippen LogP contribution in [-0.2, 0) is 4.79 Å². The molecular formula is C22H16FNO3. The molecule has 1 aliphatic carbocycles. The molecule has 0 fully saturated rings. The zero-order valence-corrected chi connectivity index (χ0v) is 14.2. The first-order valence-corrected chi connectivity index (χ1v) is 8.54. The lowest BCUT2D eigenvalue weighted by Gasteiger charge is -2.23. The van der Waals surface area contributed by atoms with E-state index in [9.17, 15) is 19.1 Å². The first-order valence-electron chi connectivity index (χ1n) is 8.54. The van der Waals surface area contributed by atoms with E-state index < -0.39 is 29.7 Å². The molecule has 1 atom stereocenters. The number of rotatable bonds is 4. The van der Waals surface area contributed by atoms with Gasteiger partial charge in [-0.2, -0.15) is 0 Å². The number of halogens is 1. The van der Waals surface area contributed by atoms with Crippen molar-refractivity contribution in [3.8, 4) is 11.1 Å².